The molecule has 2 aliphatic heterocycles. The number of nitrogens with zero attached hydrogens (tertiary/aromatic N) is 2. The van der Waals surface area contributed by atoms with Crippen molar-refractivity contribution in [1.82, 2.24) is 9.80 Å². The fourth-order valence-electron chi connectivity index (χ4n) is 4.20. The number of furan rings is 1. The Morgan fingerprint density at radius 1 is 1.19 bits per heavy atom. The number of aryl methyl sites for hydroxylation is 2. The summed E-state index contributed by atoms with van der Waals surface area (Å²) in [7, 11) is -2.87. The van der Waals surface area contributed by atoms with Crippen molar-refractivity contribution in [2.24, 2.45) is 0 Å². The molecule has 0 saturated carbocycles. The van der Waals surface area contributed by atoms with Crippen LogP contribution in [-0.2, 0) is 21.1 Å². The summed E-state index contributed by atoms with van der Waals surface area (Å²) in [6, 6.07) is 4.22. The van der Waals surface area contributed by atoms with Crippen LogP contribution in [0.4, 0.5) is 0 Å². The number of benzene rings is 1. The van der Waals surface area contributed by atoms with Gasteiger partial charge in [-0.1, -0.05) is 12.1 Å². The van der Waals surface area contributed by atoms with Crippen molar-refractivity contribution in [2.45, 2.75) is 32.7 Å². The minimum atomic E-state index is -2.87. The summed E-state index contributed by atoms with van der Waals surface area (Å²) in [6.45, 7) is 6.89. The molecule has 0 aliphatic carbocycles. The molecular weight excluding hydrogens is 364 g/mol. The van der Waals surface area contributed by atoms with Crippen molar-refractivity contribution in [3.05, 3.63) is 35.1 Å². The van der Waals surface area contributed by atoms with Crippen LogP contribution in [0.25, 0.3) is 11.0 Å². The fourth-order valence-corrected chi connectivity index (χ4v) is 5.96. The van der Waals surface area contributed by atoms with Crippen LogP contribution < -0.4 is 0 Å². The average Bonchev–Trinajstić information content (AvgIpc) is 3.22. The molecule has 0 bridgehead atoms. The lowest BCUT2D eigenvalue weighted by atomic mass is 10.0. The molecule has 2 aromatic rings. The standard InChI is InChI=1S/C20H26N2O4S/c1-14-3-4-18-16(12-26-20(18)15(14)2)11-19(23)22-8-6-21(7-9-22)17-5-10-27(24,25)13-17/h3-4,12,17H,5-11,13H2,1-2H3/t17-/m1/s1. The number of carbonyl (C=O) groups is 1. The van der Waals surface area contributed by atoms with E-state index in [0.717, 1.165) is 41.6 Å². The van der Waals surface area contributed by atoms with Crippen LogP contribution in [0.5, 0.6) is 0 Å². The first-order valence-corrected chi connectivity index (χ1v) is 11.3. The molecule has 7 heteroatoms. The van der Waals surface area contributed by atoms with Gasteiger partial charge in [0.05, 0.1) is 24.2 Å². The van der Waals surface area contributed by atoms with Crippen LogP contribution in [0, 0.1) is 13.8 Å². The number of carbonyl (C=O) groups excluding carboxylic acids is 1. The monoisotopic (exact) mass is 390 g/mol. The lowest BCUT2D eigenvalue weighted by Gasteiger charge is -2.37. The predicted molar refractivity (Wildman–Crippen MR) is 105 cm³/mol. The Morgan fingerprint density at radius 3 is 2.59 bits per heavy atom. The Bertz CT molecular complexity index is 971. The van der Waals surface area contributed by atoms with Crippen molar-refractivity contribution in [1.29, 1.82) is 0 Å². The SMILES string of the molecule is Cc1ccc2c(CC(=O)N3CCN([C@@H]4CCS(=O)(=O)C4)CC3)coc2c1C. The highest BCUT2D eigenvalue weighted by molar-refractivity contribution is 7.91. The third kappa shape index (κ3) is 3.62. The van der Waals surface area contributed by atoms with Gasteiger partial charge in [0.15, 0.2) is 9.84 Å². The summed E-state index contributed by atoms with van der Waals surface area (Å²) in [5.41, 5.74) is 4.10. The topological polar surface area (TPSA) is 70.8 Å². The van der Waals surface area contributed by atoms with Gasteiger partial charge in [-0.25, -0.2) is 8.42 Å². The number of fused-ring (bicyclic) bond motifs is 1. The molecular formula is C20H26N2O4S. The molecule has 0 spiro atoms. The van der Waals surface area contributed by atoms with Gasteiger partial charge in [-0.2, -0.15) is 0 Å². The van der Waals surface area contributed by atoms with Crippen LogP contribution in [0.1, 0.15) is 23.1 Å². The van der Waals surface area contributed by atoms with Crippen LogP contribution in [-0.4, -0.2) is 67.9 Å². The Kier molecular flexibility index (Phi) is 4.76. The number of hydrogen-bond donors (Lipinski definition) is 0. The third-order valence-corrected chi connectivity index (χ3v) is 7.83. The first-order chi connectivity index (χ1) is 12.8. The van der Waals surface area contributed by atoms with E-state index in [2.05, 4.69) is 17.9 Å². The van der Waals surface area contributed by atoms with Crippen LogP contribution in [0.15, 0.2) is 22.8 Å². The Balaban J connectivity index is 1.38. The number of amides is 1. The summed E-state index contributed by atoms with van der Waals surface area (Å²) in [4.78, 5) is 16.9. The molecule has 0 unspecified atom stereocenters. The smallest absolute Gasteiger partial charge is 0.227 e. The van der Waals surface area contributed by atoms with E-state index in [1.54, 1.807) is 6.26 Å². The lowest BCUT2D eigenvalue weighted by molar-refractivity contribution is -0.132. The summed E-state index contributed by atoms with van der Waals surface area (Å²) in [5.74, 6) is 0.666. The third-order valence-electron chi connectivity index (χ3n) is 6.08. The second-order valence-electron chi connectivity index (χ2n) is 7.80. The quantitative estimate of drug-likeness (QED) is 0.801. The van der Waals surface area contributed by atoms with Gasteiger partial charge in [0.1, 0.15) is 5.58 Å². The summed E-state index contributed by atoms with van der Waals surface area (Å²) in [5, 5.41) is 1.02. The van der Waals surface area contributed by atoms with Crippen LogP contribution >= 0.6 is 0 Å². The van der Waals surface area contributed by atoms with Gasteiger partial charge < -0.3 is 9.32 Å². The van der Waals surface area contributed by atoms with Gasteiger partial charge in [0.2, 0.25) is 5.91 Å². The maximum atomic E-state index is 12.8. The van der Waals surface area contributed by atoms with Gasteiger partial charge in [0.25, 0.3) is 0 Å². The van der Waals surface area contributed by atoms with Gasteiger partial charge in [-0.15, -0.1) is 0 Å². The van der Waals surface area contributed by atoms with E-state index in [0.29, 0.717) is 25.3 Å². The molecule has 2 aliphatic rings. The molecule has 6 nitrogen and oxygen atoms in total. The predicted octanol–water partition coefficient (Wildman–Crippen LogP) is 1.92. The average molecular weight is 391 g/mol. The zero-order valence-electron chi connectivity index (χ0n) is 15.9. The highest BCUT2D eigenvalue weighted by atomic mass is 32.2. The van der Waals surface area contributed by atoms with Gasteiger partial charge in [0, 0.05) is 43.2 Å². The highest BCUT2D eigenvalue weighted by Gasteiger charge is 2.34. The second-order valence-corrected chi connectivity index (χ2v) is 10.0. The van der Waals surface area contributed by atoms with E-state index >= 15 is 0 Å². The van der Waals surface area contributed by atoms with E-state index in [1.165, 1.54) is 5.56 Å². The summed E-state index contributed by atoms with van der Waals surface area (Å²) >= 11 is 0. The number of sulfone groups is 1. The summed E-state index contributed by atoms with van der Waals surface area (Å²) < 4.78 is 29.1. The highest BCUT2D eigenvalue weighted by Crippen LogP contribution is 2.27. The van der Waals surface area contributed by atoms with Crippen molar-refractivity contribution in [3.63, 3.8) is 0 Å². The lowest BCUT2D eigenvalue weighted by Crippen LogP contribution is -2.52. The molecule has 1 aromatic heterocycles. The Labute approximate surface area is 160 Å². The first-order valence-electron chi connectivity index (χ1n) is 9.52. The molecule has 0 radical (unpaired) electrons. The zero-order valence-corrected chi connectivity index (χ0v) is 16.7. The molecule has 2 fully saturated rings. The van der Waals surface area contributed by atoms with Gasteiger partial charge in [-0.3, -0.25) is 9.69 Å². The van der Waals surface area contributed by atoms with E-state index < -0.39 is 9.84 Å². The van der Waals surface area contributed by atoms with E-state index in [9.17, 15) is 13.2 Å². The number of piperazine rings is 1. The minimum absolute atomic E-state index is 0.106. The zero-order chi connectivity index (χ0) is 19.2. The maximum Gasteiger partial charge on any atom is 0.227 e. The van der Waals surface area contributed by atoms with Crippen molar-refractivity contribution in [2.75, 3.05) is 37.7 Å². The molecule has 1 amide bonds. The van der Waals surface area contributed by atoms with Crippen molar-refractivity contribution >= 4 is 26.7 Å². The van der Waals surface area contributed by atoms with E-state index in [4.69, 9.17) is 4.42 Å². The molecule has 4 rings (SSSR count). The van der Waals surface area contributed by atoms with E-state index in [-0.39, 0.29) is 17.7 Å². The molecule has 146 valence electrons. The first kappa shape index (κ1) is 18.5. The van der Waals surface area contributed by atoms with E-state index in [1.807, 2.05) is 17.9 Å². The molecule has 1 atom stereocenters. The number of hydrogen-bond acceptors (Lipinski definition) is 5. The largest absolute Gasteiger partial charge is 0.464 e. The molecule has 27 heavy (non-hydrogen) atoms. The Hall–Kier alpha value is -1.86. The molecule has 3 heterocycles. The molecule has 0 N–H and O–H groups in total. The van der Waals surface area contributed by atoms with Crippen LogP contribution in [0.3, 0.4) is 0 Å². The van der Waals surface area contributed by atoms with Crippen LogP contribution in [0.2, 0.25) is 0 Å². The summed E-state index contributed by atoms with van der Waals surface area (Å²) in [6.07, 6.45) is 2.76. The normalized spacial score (nSPS) is 23.2. The maximum absolute atomic E-state index is 12.8. The van der Waals surface area contributed by atoms with Gasteiger partial charge >= 0.3 is 0 Å². The fraction of sp³-hybridized carbons (Fsp3) is 0.550. The van der Waals surface area contributed by atoms with Crippen molar-refractivity contribution in [3.8, 4) is 0 Å². The molecule has 1 aromatic carbocycles. The minimum Gasteiger partial charge on any atom is -0.464 e. The van der Waals surface area contributed by atoms with Gasteiger partial charge in [-0.05, 0) is 31.4 Å². The van der Waals surface area contributed by atoms with Crippen molar-refractivity contribution < 1.29 is 17.6 Å². The second kappa shape index (κ2) is 6.95. The molecule has 2 saturated heterocycles. The number of rotatable bonds is 3. The Morgan fingerprint density at radius 2 is 1.93 bits per heavy atom.